The van der Waals surface area contributed by atoms with E-state index >= 15 is 0 Å². The molecule has 2 heterocycles. The number of thiophene rings is 1. The van der Waals surface area contributed by atoms with Crippen molar-refractivity contribution in [2.75, 3.05) is 0 Å². The van der Waals surface area contributed by atoms with E-state index in [0.717, 1.165) is 14.9 Å². The average molecular weight is 362 g/mol. The molecule has 0 aromatic carbocycles. The van der Waals surface area contributed by atoms with Gasteiger partial charge >= 0.3 is 5.97 Å². The molecule has 7 heteroatoms. The maximum atomic E-state index is 12.0. The molecule has 110 valence electrons. The number of carboxylic acids is 1. The molecule has 2 unspecified atom stereocenters. The number of rotatable bonds is 4. The smallest absolute Gasteiger partial charge is 0.332 e. The molecular formula is C13H16BrNO4S. The third-order valence-corrected chi connectivity index (χ3v) is 5.73. The maximum Gasteiger partial charge on any atom is 0.332 e. The van der Waals surface area contributed by atoms with E-state index in [4.69, 9.17) is 9.84 Å². The quantitative estimate of drug-likeness (QED) is 0.862. The van der Waals surface area contributed by atoms with E-state index in [1.165, 1.54) is 4.88 Å². The highest BCUT2D eigenvalue weighted by molar-refractivity contribution is 9.10. The molecule has 0 spiro atoms. The summed E-state index contributed by atoms with van der Waals surface area (Å²) in [6, 6.07) is 0. The second-order valence-electron chi connectivity index (χ2n) is 4.75. The van der Waals surface area contributed by atoms with Crippen molar-refractivity contribution >= 4 is 39.1 Å². The van der Waals surface area contributed by atoms with Crippen LogP contribution in [0.15, 0.2) is 4.47 Å². The van der Waals surface area contributed by atoms with Gasteiger partial charge in [-0.1, -0.05) is 0 Å². The summed E-state index contributed by atoms with van der Waals surface area (Å²) >= 11 is 5.19. The van der Waals surface area contributed by atoms with E-state index < -0.39 is 18.2 Å². The Morgan fingerprint density at radius 3 is 2.50 bits per heavy atom. The highest BCUT2D eigenvalue weighted by Crippen LogP contribution is 2.32. The summed E-state index contributed by atoms with van der Waals surface area (Å²) in [7, 11) is 0. The Morgan fingerprint density at radius 2 is 2.00 bits per heavy atom. The van der Waals surface area contributed by atoms with Gasteiger partial charge in [0.1, 0.15) is 6.10 Å². The number of nitrogens with one attached hydrogen (secondary N) is 1. The molecule has 1 saturated heterocycles. The van der Waals surface area contributed by atoms with Gasteiger partial charge in [0.2, 0.25) is 5.91 Å². The van der Waals surface area contributed by atoms with E-state index in [0.29, 0.717) is 19.4 Å². The molecule has 2 atom stereocenters. The molecule has 1 aromatic heterocycles. The number of hydrogen-bond donors (Lipinski definition) is 2. The van der Waals surface area contributed by atoms with Crippen molar-refractivity contribution in [1.29, 1.82) is 0 Å². The number of hydrogen-bond acceptors (Lipinski definition) is 4. The Balaban J connectivity index is 1.91. The topological polar surface area (TPSA) is 75.6 Å². The highest BCUT2D eigenvalue weighted by atomic mass is 79.9. The number of ether oxygens (including phenoxy) is 1. The fourth-order valence-electron chi connectivity index (χ4n) is 2.21. The largest absolute Gasteiger partial charge is 0.479 e. The molecule has 2 rings (SSSR count). The number of carbonyl (C=O) groups excluding carboxylic acids is 1. The number of carboxylic acid groups (broad SMARTS) is 1. The normalized spacial score (nSPS) is 21.9. The van der Waals surface area contributed by atoms with Crippen LogP contribution in [0.5, 0.6) is 0 Å². The van der Waals surface area contributed by atoms with Crippen LogP contribution in [0, 0.1) is 13.8 Å². The summed E-state index contributed by atoms with van der Waals surface area (Å²) in [5, 5.41) is 11.6. The van der Waals surface area contributed by atoms with Crippen LogP contribution < -0.4 is 5.32 Å². The predicted molar refractivity (Wildman–Crippen MR) is 78.9 cm³/mol. The van der Waals surface area contributed by atoms with Crippen molar-refractivity contribution in [3.05, 3.63) is 19.8 Å². The van der Waals surface area contributed by atoms with E-state index in [9.17, 15) is 9.59 Å². The lowest BCUT2D eigenvalue weighted by Gasteiger charge is -2.12. The van der Waals surface area contributed by atoms with Gasteiger partial charge in [0, 0.05) is 20.8 Å². The van der Waals surface area contributed by atoms with Gasteiger partial charge < -0.3 is 15.2 Å². The van der Waals surface area contributed by atoms with E-state index in [-0.39, 0.29) is 5.91 Å². The van der Waals surface area contributed by atoms with Crippen molar-refractivity contribution in [2.45, 2.75) is 45.4 Å². The van der Waals surface area contributed by atoms with Gasteiger partial charge in [0.15, 0.2) is 6.10 Å². The first-order chi connectivity index (χ1) is 9.40. The summed E-state index contributed by atoms with van der Waals surface area (Å²) in [6.45, 7) is 4.45. The monoisotopic (exact) mass is 361 g/mol. The molecule has 1 amide bonds. The zero-order chi connectivity index (χ0) is 14.9. The zero-order valence-corrected chi connectivity index (χ0v) is 13.6. The summed E-state index contributed by atoms with van der Waals surface area (Å²) in [5.74, 6) is -1.25. The lowest BCUT2D eigenvalue weighted by molar-refractivity contribution is -0.151. The number of amides is 1. The molecule has 5 nitrogen and oxygen atoms in total. The van der Waals surface area contributed by atoms with Gasteiger partial charge in [-0.25, -0.2) is 4.79 Å². The van der Waals surface area contributed by atoms with Crippen molar-refractivity contribution in [3.8, 4) is 0 Å². The Hall–Kier alpha value is -0.920. The summed E-state index contributed by atoms with van der Waals surface area (Å²) in [6.07, 6.45) is -0.684. The molecule has 1 aromatic rings. The number of aliphatic carboxylic acids is 1. The predicted octanol–water partition coefficient (Wildman–Crippen LogP) is 2.38. The van der Waals surface area contributed by atoms with Crippen LogP contribution in [0.4, 0.5) is 0 Å². The minimum atomic E-state index is -1.01. The van der Waals surface area contributed by atoms with E-state index in [2.05, 4.69) is 21.2 Å². The van der Waals surface area contributed by atoms with Crippen molar-refractivity contribution < 1.29 is 19.4 Å². The first-order valence-electron chi connectivity index (χ1n) is 6.30. The minimum absolute atomic E-state index is 0.246. The van der Waals surface area contributed by atoms with Crippen LogP contribution in [0.1, 0.15) is 28.2 Å². The molecule has 20 heavy (non-hydrogen) atoms. The lowest BCUT2D eigenvalue weighted by atomic mass is 10.2. The van der Waals surface area contributed by atoms with Gasteiger partial charge in [-0.15, -0.1) is 11.3 Å². The zero-order valence-electron chi connectivity index (χ0n) is 11.2. The highest BCUT2D eigenvalue weighted by Gasteiger charge is 2.34. The summed E-state index contributed by atoms with van der Waals surface area (Å²) in [5.41, 5.74) is 1.06. The lowest BCUT2D eigenvalue weighted by Crippen LogP contribution is -2.35. The fourth-order valence-corrected chi connectivity index (χ4v) is 3.99. The Labute approximate surface area is 129 Å². The van der Waals surface area contributed by atoms with Crippen molar-refractivity contribution in [3.63, 3.8) is 0 Å². The second-order valence-corrected chi connectivity index (χ2v) is 6.98. The fraction of sp³-hybridized carbons (Fsp3) is 0.538. The molecule has 1 aliphatic heterocycles. The van der Waals surface area contributed by atoms with Gasteiger partial charge in [0.25, 0.3) is 0 Å². The molecule has 0 bridgehead atoms. The molecule has 1 aliphatic rings. The van der Waals surface area contributed by atoms with E-state index in [1.807, 2.05) is 13.8 Å². The van der Waals surface area contributed by atoms with E-state index in [1.54, 1.807) is 11.3 Å². The Morgan fingerprint density at radius 1 is 1.35 bits per heavy atom. The standard InChI is InChI=1S/C13H16BrNO4S/c1-6-8(11(14)7(2)20-6)5-15-12(16)9-3-4-10(19-9)13(17)18/h9-10H,3-5H2,1-2H3,(H,15,16)(H,17,18). The van der Waals surface area contributed by atoms with Crippen molar-refractivity contribution in [1.82, 2.24) is 5.32 Å². The first-order valence-corrected chi connectivity index (χ1v) is 7.91. The van der Waals surface area contributed by atoms with Crippen LogP contribution in [0.25, 0.3) is 0 Å². The number of halogens is 1. The van der Waals surface area contributed by atoms with Crippen LogP contribution >= 0.6 is 27.3 Å². The molecular weight excluding hydrogens is 346 g/mol. The minimum Gasteiger partial charge on any atom is -0.479 e. The number of aryl methyl sites for hydroxylation is 2. The van der Waals surface area contributed by atoms with Crippen LogP contribution in [-0.4, -0.2) is 29.2 Å². The average Bonchev–Trinajstić information content (AvgIpc) is 2.95. The van der Waals surface area contributed by atoms with Gasteiger partial charge in [-0.05, 0) is 48.2 Å². The first kappa shape index (κ1) is 15.5. The Bertz CT molecular complexity index is 543. The van der Waals surface area contributed by atoms with Crippen LogP contribution in [0.3, 0.4) is 0 Å². The molecule has 0 aliphatic carbocycles. The Kier molecular flexibility index (Phi) is 4.82. The second kappa shape index (κ2) is 6.24. The maximum absolute atomic E-state index is 12.0. The van der Waals surface area contributed by atoms with Gasteiger partial charge in [-0.2, -0.15) is 0 Å². The van der Waals surface area contributed by atoms with Gasteiger partial charge in [-0.3, -0.25) is 4.79 Å². The third-order valence-electron chi connectivity index (χ3n) is 3.33. The summed E-state index contributed by atoms with van der Waals surface area (Å²) in [4.78, 5) is 25.1. The molecule has 1 fully saturated rings. The third kappa shape index (κ3) is 3.21. The molecule has 0 saturated carbocycles. The summed E-state index contributed by atoms with van der Waals surface area (Å²) < 4.78 is 6.24. The number of carbonyl (C=O) groups is 2. The molecule has 0 radical (unpaired) electrons. The van der Waals surface area contributed by atoms with Crippen LogP contribution in [-0.2, 0) is 20.9 Å². The van der Waals surface area contributed by atoms with Crippen molar-refractivity contribution in [2.24, 2.45) is 0 Å². The molecule has 2 N–H and O–H groups in total. The SMILES string of the molecule is Cc1sc(C)c(CNC(=O)C2CCC(C(=O)O)O2)c1Br. The van der Waals surface area contributed by atoms with Crippen LogP contribution in [0.2, 0.25) is 0 Å². The van der Waals surface area contributed by atoms with Gasteiger partial charge in [0.05, 0.1) is 0 Å².